The second-order valence-corrected chi connectivity index (χ2v) is 14.6. The van der Waals surface area contributed by atoms with Crippen molar-refractivity contribution < 1.29 is 28.6 Å². The maximum absolute atomic E-state index is 12.6. The number of ether oxygens (including phenoxy) is 3. The van der Waals surface area contributed by atoms with Gasteiger partial charge >= 0.3 is 17.9 Å². The number of hydrogen-bond donors (Lipinski definition) is 0. The van der Waals surface area contributed by atoms with Crippen LogP contribution in [0, 0.1) is 0 Å². The van der Waals surface area contributed by atoms with Gasteiger partial charge in [0.25, 0.3) is 0 Å². The summed E-state index contributed by atoms with van der Waals surface area (Å²) in [6, 6.07) is 0. The predicted octanol–water partition coefficient (Wildman–Crippen LogP) is 13.6. The van der Waals surface area contributed by atoms with E-state index in [0.717, 1.165) is 70.6 Å². The number of carbonyl (C=O) groups excluding carboxylic acids is 3. The van der Waals surface area contributed by atoms with Gasteiger partial charge in [-0.2, -0.15) is 0 Å². The van der Waals surface area contributed by atoms with Gasteiger partial charge in [-0.05, 0) is 51.4 Å². The molecular formula is C45H82O6. The molecule has 0 bridgehead atoms. The van der Waals surface area contributed by atoms with Crippen LogP contribution in [0.1, 0.15) is 226 Å². The van der Waals surface area contributed by atoms with Gasteiger partial charge in [-0.1, -0.05) is 180 Å². The Morgan fingerprint density at radius 2 is 0.706 bits per heavy atom. The third-order valence-corrected chi connectivity index (χ3v) is 9.46. The van der Waals surface area contributed by atoms with Crippen LogP contribution in [0.5, 0.6) is 0 Å². The van der Waals surface area contributed by atoms with Crippen molar-refractivity contribution in [2.45, 2.75) is 232 Å². The van der Waals surface area contributed by atoms with Crippen LogP contribution in [0.4, 0.5) is 0 Å². The molecule has 0 radical (unpaired) electrons. The number of rotatable bonds is 39. The Labute approximate surface area is 315 Å². The van der Waals surface area contributed by atoms with Gasteiger partial charge in [0.15, 0.2) is 6.10 Å². The Kier molecular flexibility index (Phi) is 39.0. The number of carbonyl (C=O) groups is 3. The van der Waals surface area contributed by atoms with Gasteiger partial charge in [0.2, 0.25) is 0 Å². The van der Waals surface area contributed by atoms with Crippen LogP contribution >= 0.6 is 0 Å². The highest BCUT2D eigenvalue weighted by Crippen LogP contribution is 2.14. The van der Waals surface area contributed by atoms with E-state index in [-0.39, 0.29) is 31.1 Å². The zero-order valence-corrected chi connectivity index (χ0v) is 33.9. The van der Waals surface area contributed by atoms with Crippen LogP contribution in [0.25, 0.3) is 0 Å². The van der Waals surface area contributed by atoms with E-state index in [2.05, 4.69) is 45.1 Å². The molecule has 0 N–H and O–H groups in total. The highest BCUT2D eigenvalue weighted by atomic mass is 16.6. The third kappa shape index (κ3) is 38.9. The van der Waals surface area contributed by atoms with Crippen molar-refractivity contribution in [2.24, 2.45) is 0 Å². The van der Waals surface area contributed by atoms with Crippen molar-refractivity contribution in [3.63, 3.8) is 0 Å². The molecule has 0 aliphatic carbocycles. The van der Waals surface area contributed by atoms with E-state index in [1.165, 1.54) is 116 Å². The van der Waals surface area contributed by atoms with Crippen molar-refractivity contribution in [3.8, 4) is 0 Å². The molecule has 0 aromatic heterocycles. The monoisotopic (exact) mass is 719 g/mol. The highest BCUT2D eigenvalue weighted by Gasteiger charge is 2.19. The van der Waals surface area contributed by atoms with E-state index < -0.39 is 6.10 Å². The van der Waals surface area contributed by atoms with Crippen molar-refractivity contribution in [3.05, 3.63) is 24.3 Å². The SMILES string of the molecule is CCCCCC/C=C\C/C=C\CCCCCCCCCC(=O)OCC(COC(=O)CCCCCCCC)OC(=O)CCCCCCCCCCC. The summed E-state index contributed by atoms with van der Waals surface area (Å²) in [7, 11) is 0. The van der Waals surface area contributed by atoms with E-state index in [1.54, 1.807) is 0 Å². The lowest BCUT2D eigenvalue weighted by Crippen LogP contribution is -2.30. The van der Waals surface area contributed by atoms with E-state index in [9.17, 15) is 14.4 Å². The number of esters is 3. The molecule has 0 rings (SSSR count). The summed E-state index contributed by atoms with van der Waals surface area (Å²) in [5.41, 5.74) is 0. The first-order valence-corrected chi connectivity index (χ1v) is 21.8. The van der Waals surface area contributed by atoms with Crippen molar-refractivity contribution >= 4 is 17.9 Å². The van der Waals surface area contributed by atoms with E-state index in [4.69, 9.17) is 14.2 Å². The molecule has 0 aliphatic rings. The minimum absolute atomic E-state index is 0.0719. The molecule has 0 aliphatic heterocycles. The molecule has 0 amide bonds. The van der Waals surface area contributed by atoms with Crippen LogP contribution in [0.3, 0.4) is 0 Å². The van der Waals surface area contributed by atoms with Gasteiger partial charge < -0.3 is 14.2 Å². The summed E-state index contributed by atoms with van der Waals surface area (Å²) < 4.78 is 16.6. The van der Waals surface area contributed by atoms with Crippen molar-refractivity contribution in [2.75, 3.05) is 13.2 Å². The second kappa shape index (κ2) is 40.7. The summed E-state index contributed by atoms with van der Waals surface area (Å²) in [6.45, 7) is 6.53. The van der Waals surface area contributed by atoms with Crippen molar-refractivity contribution in [1.82, 2.24) is 0 Å². The minimum Gasteiger partial charge on any atom is -0.462 e. The summed E-state index contributed by atoms with van der Waals surface area (Å²) in [4.78, 5) is 37.4. The van der Waals surface area contributed by atoms with Gasteiger partial charge in [0, 0.05) is 19.3 Å². The normalized spacial score (nSPS) is 12.1. The zero-order chi connectivity index (χ0) is 37.3. The Hall–Kier alpha value is -2.11. The second-order valence-electron chi connectivity index (χ2n) is 14.6. The van der Waals surface area contributed by atoms with Gasteiger partial charge in [-0.3, -0.25) is 14.4 Å². The third-order valence-electron chi connectivity index (χ3n) is 9.46. The van der Waals surface area contributed by atoms with Crippen LogP contribution < -0.4 is 0 Å². The molecule has 6 heteroatoms. The molecule has 298 valence electrons. The topological polar surface area (TPSA) is 78.9 Å². The van der Waals surface area contributed by atoms with Crippen molar-refractivity contribution in [1.29, 1.82) is 0 Å². The summed E-state index contributed by atoms with van der Waals surface area (Å²) in [5.74, 6) is -0.890. The molecular weight excluding hydrogens is 636 g/mol. The van der Waals surface area contributed by atoms with Gasteiger partial charge in [0.05, 0.1) is 0 Å². The van der Waals surface area contributed by atoms with Gasteiger partial charge in [0.1, 0.15) is 13.2 Å². The highest BCUT2D eigenvalue weighted by molar-refractivity contribution is 5.71. The standard InChI is InChI=1S/C45H82O6/c1-4-7-10-13-16-18-19-20-21-22-23-24-25-26-28-29-32-35-38-44(47)50-41-42(40-49-43(46)37-34-31-15-12-9-6-3)51-45(48)39-36-33-30-27-17-14-11-8-5-2/h18-19,21-22,42H,4-17,20,23-41H2,1-3H3/b19-18-,22-21-. The fraction of sp³-hybridized carbons (Fsp3) is 0.844. The zero-order valence-electron chi connectivity index (χ0n) is 33.9. The Morgan fingerprint density at radius 3 is 1.10 bits per heavy atom. The average Bonchev–Trinajstić information content (AvgIpc) is 3.12. The summed E-state index contributed by atoms with van der Waals surface area (Å²) >= 11 is 0. The molecule has 51 heavy (non-hydrogen) atoms. The molecule has 0 spiro atoms. The summed E-state index contributed by atoms with van der Waals surface area (Å²) in [5, 5.41) is 0. The predicted molar refractivity (Wildman–Crippen MR) is 215 cm³/mol. The molecule has 0 saturated carbocycles. The van der Waals surface area contributed by atoms with E-state index in [1.807, 2.05) is 0 Å². The van der Waals surface area contributed by atoms with Crippen LogP contribution in [-0.2, 0) is 28.6 Å². The van der Waals surface area contributed by atoms with Gasteiger partial charge in [-0.25, -0.2) is 0 Å². The molecule has 1 atom stereocenters. The molecule has 6 nitrogen and oxygen atoms in total. The quantitative estimate of drug-likeness (QED) is 0.0272. The first kappa shape index (κ1) is 48.9. The van der Waals surface area contributed by atoms with Crippen LogP contribution in [0.2, 0.25) is 0 Å². The fourth-order valence-corrected chi connectivity index (χ4v) is 6.12. The molecule has 0 fully saturated rings. The molecule has 0 saturated heterocycles. The largest absolute Gasteiger partial charge is 0.462 e. The Morgan fingerprint density at radius 1 is 0.392 bits per heavy atom. The lowest BCUT2D eigenvalue weighted by Gasteiger charge is -2.18. The maximum Gasteiger partial charge on any atom is 0.306 e. The molecule has 0 aromatic carbocycles. The summed E-state index contributed by atoms with van der Waals surface area (Å²) in [6.07, 6.45) is 43.2. The molecule has 1 unspecified atom stereocenters. The lowest BCUT2D eigenvalue weighted by atomic mass is 10.1. The van der Waals surface area contributed by atoms with Crippen LogP contribution in [0.15, 0.2) is 24.3 Å². The Bertz CT molecular complexity index is 835. The van der Waals surface area contributed by atoms with E-state index in [0.29, 0.717) is 19.3 Å². The lowest BCUT2D eigenvalue weighted by molar-refractivity contribution is -0.167. The number of unbranched alkanes of at least 4 members (excludes halogenated alkanes) is 24. The number of hydrogen-bond acceptors (Lipinski definition) is 6. The maximum atomic E-state index is 12.6. The Balaban J connectivity index is 4.20. The first-order chi connectivity index (χ1) is 25.0. The van der Waals surface area contributed by atoms with Crippen LogP contribution in [-0.4, -0.2) is 37.2 Å². The fourth-order valence-electron chi connectivity index (χ4n) is 6.12. The first-order valence-electron chi connectivity index (χ1n) is 21.8. The van der Waals surface area contributed by atoms with E-state index >= 15 is 0 Å². The number of allylic oxidation sites excluding steroid dienone is 4. The molecule has 0 aromatic rings. The molecule has 0 heterocycles. The minimum atomic E-state index is -0.764. The van der Waals surface area contributed by atoms with Gasteiger partial charge in [-0.15, -0.1) is 0 Å². The smallest absolute Gasteiger partial charge is 0.306 e. The average molecular weight is 719 g/mol.